The number of hydrogen-bond acceptors (Lipinski definition) is 3. The van der Waals surface area contributed by atoms with Gasteiger partial charge >= 0.3 is 0 Å². The predicted molar refractivity (Wildman–Crippen MR) is 74.5 cm³/mol. The number of nitrogens with zero attached hydrogens (tertiary/aromatic N) is 1. The minimum Gasteiger partial charge on any atom is -0.385 e. The zero-order valence-electron chi connectivity index (χ0n) is 10.8. The molecule has 2 heterocycles. The van der Waals surface area contributed by atoms with Crippen LogP contribution in [0.25, 0.3) is 0 Å². The van der Waals surface area contributed by atoms with Crippen molar-refractivity contribution in [3.63, 3.8) is 0 Å². The van der Waals surface area contributed by atoms with Gasteiger partial charge < -0.3 is 10.6 Å². The number of anilines is 2. The molecular formula is C14H16N4O. The SMILES string of the molecule is Cc1cc(C(=O)Nc2ccc3c(c2)CCCN3)n[nH]1. The second-order valence-electron chi connectivity index (χ2n) is 4.79. The van der Waals surface area contributed by atoms with Crippen LogP contribution in [0.3, 0.4) is 0 Å². The van der Waals surface area contributed by atoms with Gasteiger partial charge in [0, 0.05) is 23.6 Å². The molecule has 0 spiro atoms. The standard InChI is InChI=1S/C14H16N4O/c1-9-7-13(18-17-9)14(19)16-11-4-5-12-10(8-11)3-2-6-15-12/h4-5,7-8,15H,2-3,6H2,1H3,(H,16,19)(H,17,18). The largest absolute Gasteiger partial charge is 0.385 e. The number of aryl methyl sites for hydroxylation is 2. The molecule has 3 N–H and O–H groups in total. The van der Waals surface area contributed by atoms with Gasteiger partial charge in [0.2, 0.25) is 0 Å². The summed E-state index contributed by atoms with van der Waals surface area (Å²) >= 11 is 0. The molecule has 2 aromatic rings. The summed E-state index contributed by atoms with van der Waals surface area (Å²) in [6.45, 7) is 2.89. The third-order valence-corrected chi connectivity index (χ3v) is 3.24. The summed E-state index contributed by atoms with van der Waals surface area (Å²) in [6, 6.07) is 7.68. The van der Waals surface area contributed by atoms with E-state index >= 15 is 0 Å². The number of carbonyl (C=O) groups is 1. The molecule has 0 unspecified atom stereocenters. The highest BCUT2D eigenvalue weighted by atomic mass is 16.1. The van der Waals surface area contributed by atoms with Gasteiger partial charge in [0.1, 0.15) is 0 Å². The van der Waals surface area contributed by atoms with E-state index in [1.807, 2.05) is 25.1 Å². The van der Waals surface area contributed by atoms with Gasteiger partial charge in [0.25, 0.3) is 5.91 Å². The van der Waals surface area contributed by atoms with E-state index in [2.05, 4.69) is 20.8 Å². The summed E-state index contributed by atoms with van der Waals surface area (Å²) < 4.78 is 0. The second-order valence-corrected chi connectivity index (χ2v) is 4.79. The number of benzene rings is 1. The van der Waals surface area contributed by atoms with Gasteiger partial charge in [-0.3, -0.25) is 9.89 Å². The first-order valence-electron chi connectivity index (χ1n) is 6.42. The van der Waals surface area contributed by atoms with Crippen LogP contribution in [-0.4, -0.2) is 22.6 Å². The third-order valence-electron chi connectivity index (χ3n) is 3.24. The van der Waals surface area contributed by atoms with Crippen molar-refractivity contribution in [3.8, 4) is 0 Å². The van der Waals surface area contributed by atoms with Crippen LogP contribution in [-0.2, 0) is 6.42 Å². The van der Waals surface area contributed by atoms with Crippen molar-refractivity contribution in [3.05, 3.63) is 41.2 Å². The quantitative estimate of drug-likeness (QED) is 0.772. The number of aromatic amines is 1. The van der Waals surface area contributed by atoms with Gasteiger partial charge in [-0.2, -0.15) is 5.10 Å². The number of H-pyrrole nitrogens is 1. The predicted octanol–water partition coefficient (Wildman–Crippen LogP) is 2.33. The molecule has 1 aliphatic rings. The Balaban J connectivity index is 1.78. The molecule has 5 nitrogen and oxygen atoms in total. The van der Waals surface area contributed by atoms with E-state index < -0.39 is 0 Å². The van der Waals surface area contributed by atoms with Gasteiger partial charge in [0.05, 0.1) is 0 Å². The van der Waals surface area contributed by atoms with Crippen LogP contribution in [0.15, 0.2) is 24.3 Å². The lowest BCUT2D eigenvalue weighted by atomic mass is 10.0. The average Bonchev–Trinajstić information content (AvgIpc) is 2.85. The van der Waals surface area contributed by atoms with E-state index in [0.717, 1.165) is 30.8 Å². The number of nitrogens with one attached hydrogen (secondary N) is 3. The molecule has 0 saturated heterocycles. The van der Waals surface area contributed by atoms with Crippen LogP contribution in [0, 0.1) is 6.92 Å². The number of aromatic nitrogens is 2. The molecule has 0 saturated carbocycles. The zero-order chi connectivity index (χ0) is 13.2. The molecule has 19 heavy (non-hydrogen) atoms. The lowest BCUT2D eigenvalue weighted by Crippen LogP contribution is -2.15. The summed E-state index contributed by atoms with van der Waals surface area (Å²) in [5.41, 5.74) is 4.52. The first kappa shape index (κ1) is 11.8. The number of fused-ring (bicyclic) bond motifs is 1. The Morgan fingerprint density at radius 2 is 2.26 bits per heavy atom. The van der Waals surface area contributed by atoms with Crippen molar-refractivity contribution < 1.29 is 4.79 Å². The number of amides is 1. The maximum atomic E-state index is 12.0. The van der Waals surface area contributed by atoms with Gasteiger partial charge in [-0.1, -0.05) is 0 Å². The normalized spacial score (nSPS) is 13.5. The summed E-state index contributed by atoms with van der Waals surface area (Å²) in [5, 5.41) is 12.9. The van der Waals surface area contributed by atoms with Crippen molar-refractivity contribution in [1.29, 1.82) is 0 Å². The molecular weight excluding hydrogens is 240 g/mol. The molecule has 0 aliphatic carbocycles. The fourth-order valence-corrected chi connectivity index (χ4v) is 2.28. The number of rotatable bonds is 2. The molecule has 0 atom stereocenters. The molecule has 98 valence electrons. The molecule has 1 aliphatic heterocycles. The summed E-state index contributed by atoms with van der Waals surface area (Å²) in [4.78, 5) is 12.0. The van der Waals surface area contributed by atoms with Gasteiger partial charge in [-0.05, 0) is 49.6 Å². The van der Waals surface area contributed by atoms with Gasteiger partial charge in [-0.15, -0.1) is 0 Å². The van der Waals surface area contributed by atoms with E-state index in [0.29, 0.717) is 5.69 Å². The highest BCUT2D eigenvalue weighted by Crippen LogP contribution is 2.25. The molecule has 0 bridgehead atoms. The molecule has 1 amide bonds. The minimum atomic E-state index is -0.187. The third kappa shape index (κ3) is 2.45. The maximum Gasteiger partial charge on any atom is 0.276 e. The zero-order valence-corrected chi connectivity index (χ0v) is 10.8. The lowest BCUT2D eigenvalue weighted by Gasteiger charge is -2.18. The lowest BCUT2D eigenvalue weighted by molar-refractivity contribution is 0.102. The van der Waals surface area contributed by atoms with Crippen LogP contribution in [0.1, 0.15) is 28.2 Å². The van der Waals surface area contributed by atoms with Crippen molar-refractivity contribution in [2.45, 2.75) is 19.8 Å². The van der Waals surface area contributed by atoms with E-state index in [-0.39, 0.29) is 5.91 Å². The molecule has 0 radical (unpaired) electrons. The molecule has 5 heteroatoms. The Labute approximate surface area is 111 Å². The van der Waals surface area contributed by atoms with Crippen molar-refractivity contribution in [2.24, 2.45) is 0 Å². The monoisotopic (exact) mass is 256 g/mol. The fourth-order valence-electron chi connectivity index (χ4n) is 2.28. The molecule has 3 rings (SSSR count). The number of hydrogen-bond donors (Lipinski definition) is 3. The number of carbonyl (C=O) groups excluding carboxylic acids is 1. The fraction of sp³-hybridized carbons (Fsp3) is 0.286. The highest BCUT2D eigenvalue weighted by Gasteiger charge is 2.12. The maximum absolute atomic E-state index is 12.0. The van der Waals surface area contributed by atoms with E-state index in [4.69, 9.17) is 0 Å². The van der Waals surface area contributed by atoms with Crippen molar-refractivity contribution in [1.82, 2.24) is 10.2 Å². The van der Waals surface area contributed by atoms with E-state index in [1.165, 1.54) is 11.3 Å². The Kier molecular flexibility index (Phi) is 2.95. The Morgan fingerprint density at radius 1 is 1.37 bits per heavy atom. The molecule has 1 aromatic carbocycles. The van der Waals surface area contributed by atoms with Gasteiger partial charge in [0.15, 0.2) is 5.69 Å². The summed E-state index contributed by atoms with van der Waals surface area (Å²) in [5.74, 6) is -0.187. The Hall–Kier alpha value is -2.30. The molecule has 0 fully saturated rings. The van der Waals surface area contributed by atoms with Crippen LogP contribution >= 0.6 is 0 Å². The van der Waals surface area contributed by atoms with Crippen LogP contribution in [0.2, 0.25) is 0 Å². The van der Waals surface area contributed by atoms with Crippen LogP contribution < -0.4 is 10.6 Å². The van der Waals surface area contributed by atoms with Gasteiger partial charge in [-0.25, -0.2) is 0 Å². The van der Waals surface area contributed by atoms with Crippen LogP contribution in [0.4, 0.5) is 11.4 Å². The smallest absolute Gasteiger partial charge is 0.276 e. The minimum absolute atomic E-state index is 0.187. The van der Waals surface area contributed by atoms with Crippen LogP contribution in [0.5, 0.6) is 0 Å². The summed E-state index contributed by atoms with van der Waals surface area (Å²) in [6.07, 6.45) is 2.18. The van der Waals surface area contributed by atoms with Crippen molar-refractivity contribution >= 4 is 17.3 Å². The van der Waals surface area contributed by atoms with E-state index in [1.54, 1.807) is 6.07 Å². The average molecular weight is 256 g/mol. The second kappa shape index (κ2) is 4.76. The highest BCUT2D eigenvalue weighted by molar-refractivity contribution is 6.03. The first-order valence-corrected chi connectivity index (χ1v) is 6.42. The first-order chi connectivity index (χ1) is 9.22. The summed E-state index contributed by atoms with van der Waals surface area (Å²) in [7, 11) is 0. The molecule has 1 aromatic heterocycles. The van der Waals surface area contributed by atoms with Crippen molar-refractivity contribution in [2.75, 3.05) is 17.2 Å². The topological polar surface area (TPSA) is 69.8 Å². The Morgan fingerprint density at radius 3 is 3.05 bits per heavy atom. The van der Waals surface area contributed by atoms with E-state index in [9.17, 15) is 4.79 Å². The Bertz CT molecular complexity index is 618.